The van der Waals surface area contributed by atoms with Crippen LogP contribution in [0, 0.1) is 21.4 Å². The molecule has 6 N–H and O–H groups in total. The second-order valence-corrected chi connectivity index (χ2v) is 13.7. The number of hydrazine groups is 1. The number of nitrogens with two attached hydrogens (primary N) is 1. The van der Waals surface area contributed by atoms with Crippen molar-refractivity contribution in [2.45, 2.75) is 70.2 Å². The van der Waals surface area contributed by atoms with Gasteiger partial charge >= 0.3 is 0 Å². The molecule has 1 saturated heterocycles. The van der Waals surface area contributed by atoms with Crippen LogP contribution < -0.4 is 26.5 Å². The number of carbonyl (C=O) groups excluding carboxylic acids is 2. The van der Waals surface area contributed by atoms with E-state index in [0.29, 0.717) is 44.2 Å². The average Bonchev–Trinajstić information content (AvgIpc) is 2.88. The predicted octanol–water partition coefficient (Wildman–Crippen LogP) is 1.62. The number of amides is 2. The Bertz CT molecular complexity index is 1300. The average molecular weight is 629 g/mol. The number of fused-ring (bicyclic) bond motifs is 1. The summed E-state index contributed by atoms with van der Waals surface area (Å²) in [6.07, 6.45) is 3.25. The highest BCUT2D eigenvalue weighted by Gasteiger charge is 2.35. The van der Waals surface area contributed by atoms with E-state index in [1.54, 1.807) is 16.4 Å². The highest BCUT2D eigenvalue weighted by molar-refractivity contribution is 7.89. The molecule has 0 radical (unpaired) electrons. The minimum atomic E-state index is -4.19. The van der Waals surface area contributed by atoms with Gasteiger partial charge in [0.15, 0.2) is 5.03 Å². The number of nitrogens with one attached hydrogen (secondary N) is 4. The van der Waals surface area contributed by atoms with Gasteiger partial charge in [-0.2, -0.15) is 4.72 Å². The molecule has 0 saturated carbocycles. The minimum absolute atomic E-state index is 0.0209. The molecule has 14 nitrogen and oxygen atoms in total. The normalized spacial score (nSPS) is 18.0. The molecule has 0 aromatic heterocycles. The van der Waals surface area contributed by atoms with E-state index in [2.05, 4.69) is 34.2 Å². The van der Waals surface area contributed by atoms with Crippen molar-refractivity contribution < 1.29 is 23.0 Å². The minimum Gasteiger partial charge on any atom is -0.383 e. The zero-order valence-corrected chi connectivity index (χ0v) is 25.8. The van der Waals surface area contributed by atoms with Crippen molar-refractivity contribution >= 4 is 45.1 Å². The van der Waals surface area contributed by atoms with Crippen molar-refractivity contribution in [3.05, 3.63) is 32.8 Å². The van der Waals surface area contributed by atoms with Gasteiger partial charge in [-0.3, -0.25) is 9.59 Å². The first-order chi connectivity index (χ1) is 19.7. The molecule has 1 atom stereocenters. The highest BCUT2D eigenvalue weighted by Crippen LogP contribution is 2.38. The molecule has 2 aliphatic rings. The molecule has 1 fully saturated rings. The Kier molecular flexibility index (Phi) is 11.4. The lowest BCUT2D eigenvalue weighted by molar-refractivity contribution is -0.525. The van der Waals surface area contributed by atoms with E-state index in [4.69, 9.17) is 17.3 Å². The quantitative estimate of drug-likeness (QED) is 0.0749. The van der Waals surface area contributed by atoms with Gasteiger partial charge in [0.05, 0.1) is 5.69 Å². The van der Waals surface area contributed by atoms with Gasteiger partial charge in [-0.05, 0) is 67.6 Å². The summed E-state index contributed by atoms with van der Waals surface area (Å²) < 4.78 is 30.1. The summed E-state index contributed by atoms with van der Waals surface area (Å²) in [6, 6.07) is 2.04. The number of carbonyl (C=O) groups is 2. The Labute approximate surface area is 251 Å². The number of nitrogens with zero attached hydrogens (tertiary/aromatic N) is 3. The lowest BCUT2D eigenvalue weighted by Gasteiger charge is -2.35. The fourth-order valence-electron chi connectivity index (χ4n) is 5.32. The van der Waals surface area contributed by atoms with Gasteiger partial charge in [0.1, 0.15) is 10.9 Å². The number of anilines is 1. The summed E-state index contributed by atoms with van der Waals surface area (Å²) in [5.74, 6) is -0.484. The van der Waals surface area contributed by atoms with E-state index in [1.165, 1.54) is 13.0 Å². The fraction of sp³-hybridized carbons (Fsp3) is 0.654. The van der Waals surface area contributed by atoms with E-state index in [9.17, 15) is 28.1 Å². The smallest absolute Gasteiger partial charge is 0.251 e. The first kappa shape index (κ1) is 33.3. The molecule has 1 aromatic carbocycles. The van der Waals surface area contributed by atoms with E-state index in [0.717, 1.165) is 24.8 Å². The van der Waals surface area contributed by atoms with Crippen molar-refractivity contribution in [3.63, 3.8) is 0 Å². The van der Waals surface area contributed by atoms with Crippen LogP contribution in [0.4, 0.5) is 5.69 Å². The molecule has 16 heteroatoms. The zero-order chi connectivity index (χ0) is 31.1. The van der Waals surface area contributed by atoms with Crippen molar-refractivity contribution in [3.8, 4) is 0 Å². The largest absolute Gasteiger partial charge is 0.383 e. The van der Waals surface area contributed by atoms with E-state index < -0.39 is 21.1 Å². The summed E-state index contributed by atoms with van der Waals surface area (Å²) >= 11 is 6.34. The molecule has 1 aromatic rings. The summed E-state index contributed by atoms with van der Waals surface area (Å²) in [5, 5.41) is 16.0. The SMILES string of the molecule is CC(=O)NCCC1CCN(C(=O)[C@H](CCCN=C(N)N[N+](=O)[O-])NS(=O)(=O)c2cc(Cl)cc3c2NCC(C)(C)C3)CC1. The van der Waals surface area contributed by atoms with Crippen LogP contribution in [0.5, 0.6) is 0 Å². The van der Waals surface area contributed by atoms with Crippen LogP contribution in [0.2, 0.25) is 5.02 Å². The Hall–Kier alpha value is -3.17. The lowest BCUT2D eigenvalue weighted by atomic mass is 9.82. The van der Waals surface area contributed by atoms with Crippen LogP contribution in [0.3, 0.4) is 0 Å². The molecule has 42 heavy (non-hydrogen) atoms. The highest BCUT2D eigenvalue weighted by atomic mass is 35.5. The third kappa shape index (κ3) is 9.70. The Morgan fingerprint density at radius 2 is 2.00 bits per heavy atom. The van der Waals surface area contributed by atoms with Gasteiger partial charge in [0.25, 0.3) is 5.96 Å². The second kappa shape index (κ2) is 14.3. The molecule has 3 rings (SSSR count). The van der Waals surface area contributed by atoms with Crippen LogP contribution in [0.25, 0.3) is 0 Å². The number of guanidine groups is 1. The van der Waals surface area contributed by atoms with E-state index in [-0.39, 0.29) is 52.5 Å². The predicted molar refractivity (Wildman–Crippen MR) is 160 cm³/mol. The molecule has 0 spiro atoms. The Morgan fingerprint density at radius 3 is 2.64 bits per heavy atom. The van der Waals surface area contributed by atoms with Crippen LogP contribution in [-0.2, 0) is 26.0 Å². The molecule has 0 bridgehead atoms. The molecule has 2 amide bonds. The Balaban J connectivity index is 1.77. The summed E-state index contributed by atoms with van der Waals surface area (Å²) in [4.78, 5) is 40.9. The molecular formula is C26H41ClN8O6S. The fourth-order valence-corrected chi connectivity index (χ4v) is 7.10. The van der Waals surface area contributed by atoms with Gasteiger partial charge in [-0.15, -0.1) is 0 Å². The number of piperidine rings is 1. The number of benzene rings is 1. The maximum Gasteiger partial charge on any atom is 0.251 e. The summed E-state index contributed by atoms with van der Waals surface area (Å²) in [5.41, 5.74) is 8.39. The van der Waals surface area contributed by atoms with Crippen molar-refractivity contribution in [1.29, 1.82) is 0 Å². The molecule has 2 aliphatic heterocycles. The molecule has 234 valence electrons. The molecule has 0 aliphatic carbocycles. The third-order valence-corrected chi connectivity index (χ3v) is 9.15. The van der Waals surface area contributed by atoms with Crippen LogP contribution in [0.1, 0.15) is 58.4 Å². The number of rotatable bonds is 12. The monoisotopic (exact) mass is 628 g/mol. The first-order valence-corrected chi connectivity index (χ1v) is 15.9. The van der Waals surface area contributed by atoms with Crippen LogP contribution >= 0.6 is 11.6 Å². The maximum absolute atomic E-state index is 13.8. The molecular weight excluding hydrogens is 588 g/mol. The number of hydrogen-bond donors (Lipinski definition) is 5. The van der Waals surface area contributed by atoms with Crippen molar-refractivity contribution in [1.82, 2.24) is 20.4 Å². The van der Waals surface area contributed by atoms with E-state index >= 15 is 0 Å². The van der Waals surface area contributed by atoms with Gasteiger partial charge in [0, 0.05) is 44.7 Å². The topological polar surface area (TPSA) is 201 Å². The van der Waals surface area contributed by atoms with E-state index in [1.807, 2.05) is 0 Å². The van der Waals surface area contributed by atoms with Gasteiger partial charge < -0.3 is 21.3 Å². The second-order valence-electron chi connectivity index (χ2n) is 11.6. The number of sulfonamides is 1. The van der Waals surface area contributed by atoms with Gasteiger partial charge in [-0.25, -0.2) is 23.5 Å². The number of aliphatic imine (C=N–C) groups is 1. The van der Waals surface area contributed by atoms with Crippen LogP contribution in [-0.4, -0.2) is 74.9 Å². The van der Waals surface area contributed by atoms with Gasteiger partial charge in [-0.1, -0.05) is 30.9 Å². The number of hydrogen-bond acceptors (Lipinski definition) is 8. The number of halogens is 1. The Morgan fingerprint density at radius 1 is 1.31 bits per heavy atom. The lowest BCUT2D eigenvalue weighted by Crippen LogP contribution is -2.51. The first-order valence-electron chi connectivity index (χ1n) is 14.0. The van der Waals surface area contributed by atoms with Crippen LogP contribution in [0.15, 0.2) is 22.0 Å². The standard InChI is InChI=1S/C26H41ClN8O6S/c1-17(36)29-10-6-18-7-11-34(12-8-18)24(37)21(5-4-9-30-25(28)32-35(38)39)33-42(40,41)22-14-20(27)13-19-15-26(2,3)16-31-23(19)22/h13-14,18,21,31,33H,4-12,15-16H2,1-3H3,(H,29,36)(H3,28,30,32)/t21-/m0/s1. The maximum atomic E-state index is 13.8. The molecule has 0 unspecified atom stereocenters. The number of likely N-dealkylation sites (tertiary alicyclic amines) is 1. The molecule has 2 heterocycles. The summed E-state index contributed by atoms with van der Waals surface area (Å²) in [7, 11) is -4.19. The zero-order valence-electron chi connectivity index (χ0n) is 24.2. The van der Waals surface area contributed by atoms with Crippen molar-refractivity contribution in [2.75, 3.05) is 38.0 Å². The third-order valence-electron chi connectivity index (χ3n) is 7.44. The number of nitro groups is 1. The van der Waals surface area contributed by atoms with Crippen molar-refractivity contribution in [2.24, 2.45) is 22.1 Å². The summed E-state index contributed by atoms with van der Waals surface area (Å²) in [6.45, 7) is 7.73. The van der Waals surface area contributed by atoms with Gasteiger partial charge in [0.2, 0.25) is 21.8 Å².